The van der Waals surface area contributed by atoms with Crippen LogP contribution >= 0.6 is 11.8 Å². The normalized spacial score (nSPS) is 18.3. The van der Waals surface area contributed by atoms with Crippen molar-refractivity contribution in [3.8, 4) is 0 Å². The van der Waals surface area contributed by atoms with Crippen LogP contribution in [0.15, 0.2) is 53.4 Å². The molecule has 2 aromatic rings. The SMILES string of the molecule is C/C=C(\c1ccc(C(=O)O)cc1)c1ccc2c(c1)C(C)(C)CC(C)(C)S2. The molecule has 0 saturated carbocycles. The van der Waals surface area contributed by atoms with Crippen molar-refractivity contribution in [1.29, 1.82) is 0 Å². The van der Waals surface area contributed by atoms with Gasteiger partial charge >= 0.3 is 5.97 Å². The van der Waals surface area contributed by atoms with Crippen molar-refractivity contribution in [1.82, 2.24) is 0 Å². The lowest BCUT2D eigenvalue weighted by Crippen LogP contribution is -2.33. The molecule has 0 atom stereocenters. The Morgan fingerprint density at radius 2 is 1.58 bits per heavy atom. The minimum Gasteiger partial charge on any atom is -0.478 e. The van der Waals surface area contributed by atoms with Crippen LogP contribution < -0.4 is 0 Å². The van der Waals surface area contributed by atoms with Crippen molar-refractivity contribution < 1.29 is 9.90 Å². The van der Waals surface area contributed by atoms with Crippen molar-refractivity contribution in [2.45, 2.75) is 56.1 Å². The predicted octanol–water partition coefficient (Wildman–Crippen LogP) is 6.39. The second-order valence-corrected chi connectivity index (χ2v) is 9.97. The average Bonchev–Trinajstić information content (AvgIpc) is 2.55. The molecule has 3 rings (SSSR count). The van der Waals surface area contributed by atoms with Gasteiger partial charge in [0.2, 0.25) is 0 Å². The maximum Gasteiger partial charge on any atom is 0.335 e. The number of carboxylic acid groups (broad SMARTS) is 1. The Hall–Kier alpha value is -2.00. The van der Waals surface area contributed by atoms with Gasteiger partial charge in [0.05, 0.1) is 5.56 Å². The molecule has 26 heavy (non-hydrogen) atoms. The van der Waals surface area contributed by atoms with Crippen molar-refractivity contribution in [2.24, 2.45) is 0 Å². The van der Waals surface area contributed by atoms with E-state index in [1.807, 2.05) is 30.8 Å². The summed E-state index contributed by atoms with van der Waals surface area (Å²) in [5.41, 5.74) is 5.21. The topological polar surface area (TPSA) is 37.3 Å². The number of hydrogen-bond acceptors (Lipinski definition) is 2. The second-order valence-electron chi connectivity index (χ2n) is 8.22. The van der Waals surface area contributed by atoms with Crippen molar-refractivity contribution in [3.05, 3.63) is 70.8 Å². The van der Waals surface area contributed by atoms with Crippen molar-refractivity contribution >= 4 is 23.3 Å². The van der Waals surface area contributed by atoms with Crippen LogP contribution in [0.2, 0.25) is 0 Å². The number of rotatable bonds is 3. The van der Waals surface area contributed by atoms with Crippen LogP contribution in [0.4, 0.5) is 0 Å². The maximum atomic E-state index is 11.1. The fourth-order valence-electron chi connectivity index (χ4n) is 4.10. The van der Waals surface area contributed by atoms with E-state index in [1.54, 1.807) is 12.1 Å². The van der Waals surface area contributed by atoms with Crippen molar-refractivity contribution in [3.63, 3.8) is 0 Å². The molecule has 1 aliphatic heterocycles. The van der Waals surface area contributed by atoms with Gasteiger partial charge in [-0.05, 0) is 65.3 Å². The van der Waals surface area contributed by atoms with Gasteiger partial charge in [0.1, 0.15) is 0 Å². The zero-order valence-electron chi connectivity index (χ0n) is 16.1. The van der Waals surface area contributed by atoms with Gasteiger partial charge in [-0.3, -0.25) is 0 Å². The predicted molar refractivity (Wildman–Crippen MR) is 110 cm³/mol. The van der Waals surface area contributed by atoms with Crippen LogP contribution in [-0.2, 0) is 5.41 Å². The molecule has 0 aromatic heterocycles. The molecule has 1 N–H and O–H groups in total. The molecular weight excluding hydrogens is 340 g/mol. The summed E-state index contributed by atoms with van der Waals surface area (Å²) >= 11 is 1.96. The number of allylic oxidation sites excluding steroid dienone is 1. The zero-order chi connectivity index (χ0) is 19.1. The Bertz CT molecular complexity index is 874. The van der Waals surface area contributed by atoms with Gasteiger partial charge in [-0.1, -0.05) is 52.0 Å². The molecule has 2 nitrogen and oxygen atoms in total. The Morgan fingerprint density at radius 1 is 1.00 bits per heavy atom. The van der Waals surface area contributed by atoms with E-state index in [0.717, 1.165) is 17.6 Å². The lowest BCUT2D eigenvalue weighted by Gasteiger charge is -2.42. The third kappa shape index (κ3) is 3.59. The molecule has 0 unspecified atom stereocenters. The monoisotopic (exact) mass is 366 g/mol. The summed E-state index contributed by atoms with van der Waals surface area (Å²) in [6.07, 6.45) is 3.24. The van der Waals surface area contributed by atoms with Crippen molar-refractivity contribution in [2.75, 3.05) is 0 Å². The Morgan fingerprint density at radius 3 is 2.15 bits per heavy atom. The van der Waals surface area contributed by atoms with E-state index in [2.05, 4.69) is 52.0 Å². The van der Waals surface area contributed by atoms with Gasteiger partial charge < -0.3 is 5.11 Å². The molecule has 0 fully saturated rings. The van der Waals surface area contributed by atoms with E-state index in [4.69, 9.17) is 5.11 Å². The quantitative estimate of drug-likeness (QED) is 0.684. The fourth-order valence-corrected chi connectivity index (χ4v) is 5.71. The first kappa shape index (κ1) is 18.8. The summed E-state index contributed by atoms with van der Waals surface area (Å²) in [7, 11) is 0. The third-order valence-electron chi connectivity index (χ3n) is 5.01. The highest BCUT2D eigenvalue weighted by Gasteiger charge is 2.38. The van der Waals surface area contributed by atoms with Crippen LogP contribution in [0, 0.1) is 0 Å². The van der Waals surface area contributed by atoms with Gasteiger partial charge in [-0.15, -0.1) is 11.8 Å². The molecule has 1 heterocycles. The Balaban J connectivity index is 2.03. The number of benzene rings is 2. The highest BCUT2D eigenvalue weighted by Crippen LogP contribution is 2.51. The van der Waals surface area contributed by atoms with Crippen LogP contribution in [0.3, 0.4) is 0 Å². The highest BCUT2D eigenvalue weighted by atomic mass is 32.2. The summed E-state index contributed by atoms with van der Waals surface area (Å²) in [5, 5.41) is 9.10. The third-order valence-corrected chi connectivity index (χ3v) is 6.28. The molecule has 0 aliphatic carbocycles. The summed E-state index contributed by atoms with van der Waals surface area (Å²) < 4.78 is 0.244. The van der Waals surface area contributed by atoms with Crippen LogP contribution in [0.5, 0.6) is 0 Å². The number of thioether (sulfide) groups is 1. The minimum absolute atomic E-state index is 0.131. The first-order valence-corrected chi connectivity index (χ1v) is 9.79. The smallest absolute Gasteiger partial charge is 0.335 e. The molecule has 0 amide bonds. The maximum absolute atomic E-state index is 11.1. The fraction of sp³-hybridized carbons (Fsp3) is 0.348. The average molecular weight is 367 g/mol. The number of fused-ring (bicyclic) bond motifs is 1. The van der Waals surface area contributed by atoms with Gasteiger partial charge in [0.25, 0.3) is 0 Å². The van der Waals surface area contributed by atoms with Gasteiger partial charge in [-0.25, -0.2) is 4.79 Å². The molecular formula is C23H26O2S. The minimum atomic E-state index is -0.895. The number of aromatic carboxylic acids is 1. The zero-order valence-corrected chi connectivity index (χ0v) is 16.9. The summed E-state index contributed by atoms with van der Waals surface area (Å²) in [5.74, 6) is -0.895. The summed E-state index contributed by atoms with van der Waals surface area (Å²) in [4.78, 5) is 12.5. The largest absolute Gasteiger partial charge is 0.478 e. The Kier molecular flexibility index (Phi) is 4.78. The van der Waals surface area contributed by atoms with E-state index in [0.29, 0.717) is 5.56 Å². The van der Waals surface area contributed by atoms with Crippen LogP contribution in [0.25, 0.3) is 5.57 Å². The lowest BCUT2D eigenvalue weighted by atomic mass is 9.76. The van der Waals surface area contributed by atoms with E-state index in [9.17, 15) is 4.79 Å². The number of carbonyl (C=O) groups is 1. The Labute approximate surface area is 160 Å². The van der Waals surface area contributed by atoms with Crippen LogP contribution in [0.1, 0.15) is 68.1 Å². The van der Waals surface area contributed by atoms with E-state index in [1.165, 1.54) is 16.0 Å². The van der Waals surface area contributed by atoms with Gasteiger partial charge in [-0.2, -0.15) is 0 Å². The first-order chi connectivity index (χ1) is 12.1. The molecule has 0 bridgehead atoms. The van der Waals surface area contributed by atoms with E-state index in [-0.39, 0.29) is 10.2 Å². The molecule has 3 heteroatoms. The molecule has 0 saturated heterocycles. The number of hydrogen-bond donors (Lipinski definition) is 1. The van der Waals surface area contributed by atoms with Crippen LogP contribution in [-0.4, -0.2) is 15.8 Å². The van der Waals surface area contributed by atoms with E-state index >= 15 is 0 Å². The molecule has 0 radical (unpaired) electrons. The molecule has 0 spiro atoms. The van der Waals surface area contributed by atoms with E-state index < -0.39 is 5.97 Å². The summed E-state index contributed by atoms with van der Waals surface area (Å²) in [6, 6.07) is 13.9. The molecule has 1 aliphatic rings. The second kappa shape index (κ2) is 6.62. The van der Waals surface area contributed by atoms with Gasteiger partial charge in [0, 0.05) is 9.64 Å². The standard InChI is InChI=1S/C23H26O2S/c1-6-18(15-7-9-16(10-8-15)21(24)25)17-11-12-20-19(13-17)22(2,3)14-23(4,5)26-20/h6-13H,14H2,1-5H3,(H,24,25)/b18-6+. The first-order valence-electron chi connectivity index (χ1n) is 8.97. The highest BCUT2D eigenvalue weighted by molar-refractivity contribution is 8.00. The lowest BCUT2D eigenvalue weighted by molar-refractivity contribution is 0.0697. The summed E-state index contributed by atoms with van der Waals surface area (Å²) in [6.45, 7) is 11.3. The molecule has 136 valence electrons. The van der Waals surface area contributed by atoms with Gasteiger partial charge in [0.15, 0.2) is 0 Å². The molecule has 2 aromatic carbocycles. The number of carboxylic acids is 1.